The number of benzene rings is 3. The zero-order valence-corrected chi connectivity index (χ0v) is 33.4. The van der Waals surface area contributed by atoms with Crippen molar-refractivity contribution in [2.75, 3.05) is 13.1 Å². The van der Waals surface area contributed by atoms with E-state index >= 15 is 0 Å². The van der Waals surface area contributed by atoms with Gasteiger partial charge in [0, 0.05) is 49.2 Å². The second-order valence-electron chi connectivity index (χ2n) is 13.5. The van der Waals surface area contributed by atoms with E-state index in [2.05, 4.69) is 136 Å². The number of piperidine rings is 1. The lowest BCUT2D eigenvalue weighted by molar-refractivity contribution is 0.0932. The van der Waals surface area contributed by atoms with E-state index in [1.54, 1.807) is 0 Å². The highest BCUT2D eigenvalue weighted by Crippen LogP contribution is 2.27. The van der Waals surface area contributed by atoms with E-state index in [0.717, 1.165) is 57.0 Å². The summed E-state index contributed by atoms with van der Waals surface area (Å²) in [4.78, 5) is 15.0. The fourth-order valence-corrected chi connectivity index (χ4v) is 6.85. The van der Waals surface area contributed by atoms with Crippen LogP contribution in [-0.4, -0.2) is 38.9 Å². The Labute approximate surface area is 324 Å². The van der Waals surface area contributed by atoms with Gasteiger partial charge in [-0.2, -0.15) is 0 Å². The van der Waals surface area contributed by atoms with Crippen molar-refractivity contribution in [3.8, 4) is 22.5 Å². The molecule has 0 amide bonds. The van der Waals surface area contributed by atoms with Gasteiger partial charge in [-0.3, -0.25) is 19.8 Å². The van der Waals surface area contributed by atoms with E-state index in [4.69, 9.17) is 9.97 Å². The molecule has 0 radical (unpaired) electrons. The van der Waals surface area contributed by atoms with Gasteiger partial charge in [0.05, 0.1) is 11.4 Å². The second kappa shape index (κ2) is 19.6. The van der Waals surface area contributed by atoms with Crippen molar-refractivity contribution in [3.05, 3.63) is 141 Å². The van der Waals surface area contributed by atoms with Crippen LogP contribution in [0.3, 0.4) is 0 Å². The molecule has 268 valence electrons. The zero-order chi connectivity index (χ0) is 32.2. The monoisotopic (exact) mass is 752 g/mol. The summed E-state index contributed by atoms with van der Waals surface area (Å²) in [5.74, 6) is 0. The van der Waals surface area contributed by atoms with Crippen LogP contribution in [0.25, 0.3) is 22.5 Å². The fourth-order valence-electron chi connectivity index (χ4n) is 6.85. The lowest BCUT2D eigenvalue weighted by atomic mass is 9.98. The molecule has 5 aromatic rings. The largest absolute Gasteiger partial charge is 0.299 e. The Kier molecular flexibility index (Phi) is 16.9. The average molecular weight is 755 g/mol. The quantitative estimate of drug-likeness (QED) is 0.150. The molecule has 4 nitrogen and oxygen atoms in total. The molecule has 0 atom stereocenters. The number of rotatable bonds is 9. The summed E-state index contributed by atoms with van der Waals surface area (Å²) in [5, 5.41) is 0. The molecule has 0 aliphatic carbocycles. The van der Waals surface area contributed by atoms with Gasteiger partial charge in [0.15, 0.2) is 0 Å². The Hall–Kier alpha value is -2.96. The maximum Gasteiger partial charge on any atom is 0.0705 e. The minimum Gasteiger partial charge on any atom is -0.299 e. The molecule has 0 N–H and O–H groups in total. The third-order valence-corrected chi connectivity index (χ3v) is 10.2. The van der Waals surface area contributed by atoms with Crippen molar-refractivity contribution in [3.63, 3.8) is 0 Å². The average Bonchev–Trinajstić information content (AvgIpc) is 3.06. The van der Waals surface area contributed by atoms with Crippen LogP contribution in [-0.2, 0) is 19.6 Å². The van der Waals surface area contributed by atoms with Crippen molar-refractivity contribution in [1.29, 1.82) is 0 Å². The van der Waals surface area contributed by atoms with Gasteiger partial charge in [-0.15, -0.1) is 49.6 Å². The van der Waals surface area contributed by atoms with Crippen LogP contribution in [0.5, 0.6) is 0 Å². The lowest BCUT2D eigenvalue weighted by Gasteiger charge is -2.39. The Morgan fingerprint density at radius 2 is 1.12 bits per heavy atom. The Bertz CT molecular complexity index is 1760. The number of likely N-dealkylation sites (tertiary alicyclic amines) is 1. The topological polar surface area (TPSA) is 32.3 Å². The first kappa shape index (κ1) is 43.2. The molecule has 1 aliphatic rings. The van der Waals surface area contributed by atoms with E-state index in [1.807, 2.05) is 6.20 Å². The number of pyridine rings is 2. The van der Waals surface area contributed by atoms with Gasteiger partial charge in [-0.1, -0.05) is 36.4 Å². The minimum absolute atomic E-state index is 0. The van der Waals surface area contributed by atoms with Gasteiger partial charge in [0.2, 0.25) is 0 Å². The van der Waals surface area contributed by atoms with Crippen LogP contribution in [0.1, 0.15) is 62.9 Å². The second-order valence-corrected chi connectivity index (χ2v) is 13.5. The SMILES string of the molecule is Cc1cc(-c2ccc(CN(Cc3ccccc3)C3CCN(Cc4ccnc(-c5cc(C)c(C)c(C)c5)c4)CC3)cn2)cc(C)c1C.Cl.Cl.Cl.Cl. The molecule has 6 rings (SSSR count). The molecule has 0 saturated carbocycles. The molecule has 50 heavy (non-hydrogen) atoms. The Morgan fingerprint density at radius 1 is 0.580 bits per heavy atom. The Balaban J connectivity index is 0.00000217. The normalized spacial score (nSPS) is 13.1. The van der Waals surface area contributed by atoms with Gasteiger partial charge in [0.25, 0.3) is 0 Å². The highest BCUT2D eigenvalue weighted by Gasteiger charge is 2.25. The van der Waals surface area contributed by atoms with E-state index in [0.29, 0.717) is 6.04 Å². The number of hydrogen-bond acceptors (Lipinski definition) is 4. The molecule has 0 unspecified atom stereocenters. The summed E-state index contributed by atoms with van der Waals surface area (Å²) in [6.45, 7) is 18.2. The number of nitrogens with zero attached hydrogens (tertiary/aromatic N) is 4. The minimum atomic E-state index is 0. The van der Waals surface area contributed by atoms with Crippen molar-refractivity contribution in [2.45, 2.75) is 80.1 Å². The highest BCUT2D eigenvalue weighted by molar-refractivity contribution is 5.86. The highest BCUT2D eigenvalue weighted by atomic mass is 35.5. The predicted molar refractivity (Wildman–Crippen MR) is 221 cm³/mol. The van der Waals surface area contributed by atoms with E-state index in [9.17, 15) is 0 Å². The van der Waals surface area contributed by atoms with Gasteiger partial charge < -0.3 is 0 Å². The first-order valence-electron chi connectivity index (χ1n) is 16.8. The molecule has 2 aromatic heterocycles. The number of aryl methyl sites for hydroxylation is 4. The summed E-state index contributed by atoms with van der Waals surface area (Å²) in [6, 6.07) is 29.5. The molecular formula is C42H52Cl4N4. The maximum atomic E-state index is 4.93. The predicted octanol–water partition coefficient (Wildman–Crippen LogP) is 11.0. The zero-order valence-electron chi connectivity index (χ0n) is 30.1. The van der Waals surface area contributed by atoms with E-state index in [-0.39, 0.29) is 49.6 Å². The first-order chi connectivity index (χ1) is 22.2. The number of halogens is 4. The van der Waals surface area contributed by atoms with Crippen molar-refractivity contribution < 1.29 is 0 Å². The van der Waals surface area contributed by atoms with E-state index < -0.39 is 0 Å². The summed E-state index contributed by atoms with van der Waals surface area (Å²) < 4.78 is 0. The van der Waals surface area contributed by atoms with Crippen molar-refractivity contribution in [1.82, 2.24) is 19.8 Å². The van der Waals surface area contributed by atoms with Crippen LogP contribution in [0.15, 0.2) is 91.3 Å². The molecular weight excluding hydrogens is 702 g/mol. The molecule has 1 saturated heterocycles. The van der Waals surface area contributed by atoms with Crippen LogP contribution in [0.2, 0.25) is 0 Å². The molecule has 1 fully saturated rings. The first-order valence-corrected chi connectivity index (χ1v) is 16.8. The molecule has 8 heteroatoms. The number of aromatic nitrogens is 2. The standard InChI is InChI=1S/C42H48N4.4ClH/c1-29-20-38(21-30(2)33(29)5)41-13-12-37(25-44-41)28-46(27-35-10-8-7-9-11-35)40-15-18-45(19-16-40)26-36-14-17-43-42(24-36)39-22-31(3)34(6)32(4)23-39;;;;/h7-14,17,20-25,40H,15-16,18-19,26-28H2,1-6H3;4*1H. The molecule has 3 heterocycles. The van der Waals surface area contributed by atoms with Crippen molar-refractivity contribution >= 4 is 49.6 Å². The Morgan fingerprint density at radius 3 is 1.66 bits per heavy atom. The summed E-state index contributed by atoms with van der Waals surface area (Å²) in [7, 11) is 0. The summed E-state index contributed by atoms with van der Waals surface area (Å²) in [6.07, 6.45) is 6.39. The van der Waals surface area contributed by atoms with Crippen LogP contribution in [0, 0.1) is 41.5 Å². The van der Waals surface area contributed by atoms with Crippen molar-refractivity contribution in [2.24, 2.45) is 0 Å². The van der Waals surface area contributed by atoms with Gasteiger partial charge in [-0.25, -0.2) is 0 Å². The van der Waals surface area contributed by atoms with Gasteiger partial charge in [0.1, 0.15) is 0 Å². The summed E-state index contributed by atoms with van der Waals surface area (Å²) >= 11 is 0. The maximum absolute atomic E-state index is 4.93. The lowest BCUT2D eigenvalue weighted by Crippen LogP contribution is -2.44. The van der Waals surface area contributed by atoms with Gasteiger partial charge >= 0.3 is 0 Å². The molecule has 1 aliphatic heterocycles. The third-order valence-electron chi connectivity index (χ3n) is 10.2. The van der Waals surface area contributed by atoms with Crippen LogP contribution < -0.4 is 0 Å². The number of hydrogen-bond donors (Lipinski definition) is 0. The van der Waals surface area contributed by atoms with E-state index in [1.165, 1.54) is 61.2 Å². The molecule has 3 aromatic carbocycles. The molecule has 0 bridgehead atoms. The smallest absolute Gasteiger partial charge is 0.0705 e. The van der Waals surface area contributed by atoms with Crippen LogP contribution in [0.4, 0.5) is 0 Å². The van der Waals surface area contributed by atoms with Crippen LogP contribution >= 0.6 is 49.6 Å². The third kappa shape index (κ3) is 10.5. The fraction of sp³-hybridized carbons (Fsp3) is 0.333. The summed E-state index contributed by atoms with van der Waals surface area (Å²) in [5.41, 5.74) is 16.5. The molecule has 0 spiro atoms. The van der Waals surface area contributed by atoms with Gasteiger partial charge in [-0.05, 0) is 160 Å².